The van der Waals surface area contributed by atoms with Gasteiger partial charge in [0.15, 0.2) is 0 Å². The van der Waals surface area contributed by atoms with Crippen LogP contribution in [-0.4, -0.2) is 6.54 Å². The van der Waals surface area contributed by atoms with Crippen LogP contribution in [0.5, 0.6) is 0 Å². The Morgan fingerprint density at radius 3 is 2.93 bits per heavy atom. The minimum absolute atomic E-state index is 0.594. The normalized spacial score (nSPS) is 9.86. The summed E-state index contributed by atoms with van der Waals surface area (Å²) in [5.74, 6) is 0. The molecule has 3 N–H and O–H groups in total. The first-order valence-electron chi connectivity index (χ1n) is 4.55. The topological polar surface area (TPSA) is 38.0 Å². The van der Waals surface area contributed by atoms with E-state index in [1.807, 2.05) is 25.1 Å². The molecule has 0 fully saturated rings. The highest BCUT2D eigenvalue weighted by Crippen LogP contribution is 2.26. The van der Waals surface area contributed by atoms with E-state index in [0.717, 1.165) is 24.2 Å². The number of nitrogen functional groups attached to an aromatic ring is 1. The standard InChI is InChI=1S/C11H15ClN2/c1-3-4-5-14-11-7-9(12)10(13)6-8(11)2/h3,6-7,14H,1,4-5,13H2,2H3. The van der Waals surface area contributed by atoms with E-state index in [4.69, 9.17) is 17.3 Å². The van der Waals surface area contributed by atoms with Crippen molar-refractivity contribution < 1.29 is 0 Å². The fraction of sp³-hybridized carbons (Fsp3) is 0.273. The summed E-state index contributed by atoms with van der Waals surface area (Å²) >= 11 is 5.91. The van der Waals surface area contributed by atoms with Crippen LogP contribution in [0.1, 0.15) is 12.0 Å². The molecule has 0 atom stereocenters. The molecule has 14 heavy (non-hydrogen) atoms. The van der Waals surface area contributed by atoms with Gasteiger partial charge in [0.1, 0.15) is 0 Å². The first-order valence-corrected chi connectivity index (χ1v) is 4.93. The molecule has 0 heterocycles. The van der Waals surface area contributed by atoms with Crippen LogP contribution in [0.4, 0.5) is 11.4 Å². The summed E-state index contributed by atoms with van der Waals surface area (Å²) < 4.78 is 0. The Kier molecular flexibility index (Phi) is 3.84. The van der Waals surface area contributed by atoms with Crippen molar-refractivity contribution in [1.29, 1.82) is 0 Å². The van der Waals surface area contributed by atoms with Crippen LogP contribution in [0.2, 0.25) is 5.02 Å². The lowest BCUT2D eigenvalue weighted by Crippen LogP contribution is -2.02. The third kappa shape index (κ3) is 2.67. The molecule has 0 radical (unpaired) electrons. The molecular formula is C11H15ClN2. The molecule has 0 aromatic heterocycles. The number of benzene rings is 1. The molecule has 2 nitrogen and oxygen atoms in total. The van der Waals surface area contributed by atoms with Gasteiger partial charge in [-0.3, -0.25) is 0 Å². The van der Waals surface area contributed by atoms with E-state index in [0.29, 0.717) is 10.7 Å². The van der Waals surface area contributed by atoms with Crippen molar-refractivity contribution in [3.05, 3.63) is 35.4 Å². The van der Waals surface area contributed by atoms with Crippen LogP contribution in [-0.2, 0) is 0 Å². The number of aryl methyl sites for hydroxylation is 1. The fourth-order valence-electron chi connectivity index (χ4n) is 1.20. The molecule has 0 unspecified atom stereocenters. The maximum atomic E-state index is 5.91. The molecular weight excluding hydrogens is 196 g/mol. The monoisotopic (exact) mass is 210 g/mol. The zero-order chi connectivity index (χ0) is 10.6. The van der Waals surface area contributed by atoms with Gasteiger partial charge in [0, 0.05) is 12.2 Å². The van der Waals surface area contributed by atoms with Crippen LogP contribution in [0.15, 0.2) is 24.8 Å². The van der Waals surface area contributed by atoms with Crippen molar-refractivity contribution in [2.24, 2.45) is 0 Å². The third-order valence-electron chi connectivity index (χ3n) is 2.01. The molecule has 1 rings (SSSR count). The number of nitrogens with two attached hydrogens (primary N) is 1. The van der Waals surface area contributed by atoms with Crippen molar-refractivity contribution in [2.75, 3.05) is 17.6 Å². The Morgan fingerprint density at radius 1 is 1.57 bits per heavy atom. The van der Waals surface area contributed by atoms with Gasteiger partial charge in [-0.25, -0.2) is 0 Å². The van der Waals surface area contributed by atoms with E-state index in [1.165, 1.54) is 0 Å². The summed E-state index contributed by atoms with van der Waals surface area (Å²) in [6, 6.07) is 3.73. The maximum Gasteiger partial charge on any atom is 0.0656 e. The van der Waals surface area contributed by atoms with E-state index < -0.39 is 0 Å². The van der Waals surface area contributed by atoms with Crippen molar-refractivity contribution in [2.45, 2.75) is 13.3 Å². The SMILES string of the molecule is C=CCCNc1cc(Cl)c(N)cc1C. The molecule has 0 aliphatic carbocycles. The molecule has 0 amide bonds. The van der Waals surface area contributed by atoms with Crippen LogP contribution in [0.25, 0.3) is 0 Å². The highest BCUT2D eigenvalue weighted by molar-refractivity contribution is 6.33. The van der Waals surface area contributed by atoms with E-state index in [2.05, 4.69) is 11.9 Å². The van der Waals surface area contributed by atoms with Crippen molar-refractivity contribution >= 4 is 23.0 Å². The quantitative estimate of drug-likeness (QED) is 0.455. The zero-order valence-electron chi connectivity index (χ0n) is 8.31. The summed E-state index contributed by atoms with van der Waals surface area (Å²) in [4.78, 5) is 0. The number of hydrogen-bond acceptors (Lipinski definition) is 2. The average molecular weight is 211 g/mol. The summed E-state index contributed by atoms with van der Waals surface area (Å²) in [5.41, 5.74) is 8.43. The fourth-order valence-corrected chi connectivity index (χ4v) is 1.37. The summed E-state index contributed by atoms with van der Waals surface area (Å²) in [5, 5.41) is 3.86. The molecule has 3 heteroatoms. The summed E-state index contributed by atoms with van der Waals surface area (Å²) in [6.07, 6.45) is 2.81. The summed E-state index contributed by atoms with van der Waals surface area (Å²) in [7, 11) is 0. The van der Waals surface area contributed by atoms with E-state index >= 15 is 0 Å². The largest absolute Gasteiger partial charge is 0.398 e. The average Bonchev–Trinajstić information content (AvgIpc) is 2.14. The predicted octanol–water partition coefficient (Wildman–Crippen LogP) is 3.22. The molecule has 1 aromatic rings. The molecule has 0 aliphatic heterocycles. The van der Waals surface area contributed by atoms with Gasteiger partial charge in [-0.2, -0.15) is 0 Å². The Hall–Kier alpha value is -1.15. The highest BCUT2D eigenvalue weighted by Gasteiger charge is 2.02. The van der Waals surface area contributed by atoms with Crippen molar-refractivity contribution in [1.82, 2.24) is 0 Å². The van der Waals surface area contributed by atoms with Crippen LogP contribution in [0, 0.1) is 6.92 Å². The lowest BCUT2D eigenvalue weighted by atomic mass is 10.2. The van der Waals surface area contributed by atoms with Crippen LogP contribution < -0.4 is 11.1 Å². The second-order valence-corrected chi connectivity index (χ2v) is 3.60. The Bertz CT molecular complexity index is 334. The molecule has 0 aliphatic rings. The first-order chi connectivity index (χ1) is 6.65. The number of rotatable bonds is 4. The van der Waals surface area contributed by atoms with Gasteiger partial charge in [-0.05, 0) is 31.0 Å². The predicted molar refractivity (Wildman–Crippen MR) is 63.9 cm³/mol. The van der Waals surface area contributed by atoms with Gasteiger partial charge < -0.3 is 11.1 Å². The highest BCUT2D eigenvalue weighted by atomic mass is 35.5. The van der Waals surface area contributed by atoms with Gasteiger partial charge in [0.2, 0.25) is 0 Å². The number of nitrogens with one attached hydrogen (secondary N) is 1. The Balaban J connectivity index is 2.76. The number of anilines is 2. The number of hydrogen-bond donors (Lipinski definition) is 2. The second kappa shape index (κ2) is 4.91. The van der Waals surface area contributed by atoms with Gasteiger partial charge >= 0.3 is 0 Å². The minimum Gasteiger partial charge on any atom is -0.398 e. The van der Waals surface area contributed by atoms with E-state index in [-0.39, 0.29) is 0 Å². The van der Waals surface area contributed by atoms with E-state index in [9.17, 15) is 0 Å². The number of halogens is 1. The van der Waals surface area contributed by atoms with Crippen molar-refractivity contribution in [3.63, 3.8) is 0 Å². The Morgan fingerprint density at radius 2 is 2.29 bits per heavy atom. The minimum atomic E-state index is 0.594. The molecule has 0 saturated carbocycles. The van der Waals surface area contributed by atoms with Gasteiger partial charge in [0.25, 0.3) is 0 Å². The molecule has 76 valence electrons. The van der Waals surface area contributed by atoms with Crippen LogP contribution in [0.3, 0.4) is 0 Å². The zero-order valence-corrected chi connectivity index (χ0v) is 9.06. The van der Waals surface area contributed by atoms with Gasteiger partial charge in [-0.15, -0.1) is 6.58 Å². The summed E-state index contributed by atoms with van der Waals surface area (Å²) in [6.45, 7) is 6.53. The smallest absolute Gasteiger partial charge is 0.0656 e. The second-order valence-electron chi connectivity index (χ2n) is 3.19. The lowest BCUT2D eigenvalue weighted by molar-refractivity contribution is 1.07. The lowest BCUT2D eigenvalue weighted by Gasteiger charge is -2.10. The molecule has 0 bridgehead atoms. The molecule has 0 saturated heterocycles. The first kappa shape index (κ1) is 10.9. The molecule has 1 aromatic carbocycles. The van der Waals surface area contributed by atoms with Gasteiger partial charge in [-0.1, -0.05) is 17.7 Å². The third-order valence-corrected chi connectivity index (χ3v) is 2.33. The van der Waals surface area contributed by atoms with Crippen LogP contribution >= 0.6 is 11.6 Å². The Labute approximate surface area is 89.8 Å². The van der Waals surface area contributed by atoms with Crippen molar-refractivity contribution in [3.8, 4) is 0 Å². The maximum absolute atomic E-state index is 5.91. The molecule has 0 spiro atoms. The van der Waals surface area contributed by atoms with Gasteiger partial charge in [0.05, 0.1) is 10.7 Å². The van der Waals surface area contributed by atoms with E-state index in [1.54, 1.807) is 0 Å².